The molecule has 2 aromatic heterocycles. The zero-order chi connectivity index (χ0) is 21.1. The molecule has 0 saturated carbocycles. The van der Waals surface area contributed by atoms with Crippen LogP contribution in [0.2, 0.25) is 5.02 Å². The minimum Gasteiger partial charge on any atom is -0.460 e. The highest BCUT2D eigenvalue weighted by molar-refractivity contribution is 7.99. The molecule has 0 N–H and O–H groups in total. The molecule has 0 saturated heterocycles. The third-order valence-corrected chi connectivity index (χ3v) is 4.81. The van der Waals surface area contributed by atoms with Crippen LogP contribution in [0.15, 0.2) is 28.6 Å². The van der Waals surface area contributed by atoms with Crippen LogP contribution in [-0.4, -0.2) is 26.1 Å². The van der Waals surface area contributed by atoms with Crippen LogP contribution in [0.4, 0.5) is 13.2 Å². The van der Waals surface area contributed by atoms with Crippen LogP contribution in [0.5, 0.6) is 0 Å². The van der Waals surface area contributed by atoms with Crippen molar-refractivity contribution in [1.29, 1.82) is 0 Å². The molecule has 5 nitrogen and oxygen atoms in total. The van der Waals surface area contributed by atoms with E-state index in [-0.39, 0.29) is 22.4 Å². The quantitative estimate of drug-likeness (QED) is 0.558. The molecule has 0 bridgehead atoms. The Hall–Kier alpha value is -1.74. The number of carbonyl (C=O) groups excluding carboxylic acids is 1. The van der Waals surface area contributed by atoms with E-state index in [1.54, 1.807) is 33.9 Å². The molecule has 0 unspecified atom stereocenters. The number of pyridine rings is 1. The van der Waals surface area contributed by atoms with E-state index in [2.05, 4.69) is 9.97 Å². The van der Waals surface area contributed by atoms with Gasteiger partial charge in [-0.2, -0.15) is 13.2 Å². The van der Waals surface area contributed by atoms with Crippen molar-refractivity contribution < 1.29 is 22.7 Å². The number of hydrogen-bond acceptors (Lipinski definition) is 5. The van der Waals surface area contributed by atoms with Crippen LogP contribution < -0.4 is 0 Å². The molecule has 2 aromatic rings. The summed E-state index contributed by atoms with van der Waals surface area (Å²) in [5.74, 6) is -0.286. The second kappa shape index (κ2) is 8.73. The van der Waals surface area contributed by atoms with Gasteiger partial charge in [-0.1, -0.05) is 11.6 Å². The number of alkyl halides is 3. The van der Waals surface area contributed by atoms with Crippen molar-refractivity contribution in [2.75, 3.05) is 0 Å². The van der Waals surface area contributed by atoms with Gasteiger partial charge in [-0.15, -0.1) is 0 Å². The Morgan fingerprint density at radius 3 is 2.57 bits per heavy atom. The lowest BCUT2D eigenvalue weighted by Gasteiger charge is -2.19. The highest BCUT2D eigenvalue weighted by Crippen LogP contribution is 2.36. The predicted molar refractivity (Wildman–Crippen MR) is 100 cm³/mol. The number of rotatable bonds is 6. The average Bonchev–Trinajstić information content (AvgIpc) is 2.86. The molecule has 28 heavy (non-hydrogen) atoms. The van der Waals surface area contributed by atoms with Crippen LogP contribution in [-0.2, 0) is 22.3 Å². The Morgan fingerprint density at radius 2 is 2.00 bits per heavy atom. The zero-order valence-corrected chi connectivity index (χ0v) is 17.5. The fourth-order valence-corrected chi connectivity index (χ4v) is 3.46. The second-order valence-electron chi connectivity index (χ2n) is 7.16. The zero-order valence-electron chi connectivity index (χ0n) is 15.9. The maximum Gasteiger partial charge on any atom is 0.417 e. The van der Waals surface area contributed by atoms with Crippen LogP contribution in [0.3, 0.4) is 0 Å². The smallest absolute Gasteiger partial charge is 0.417 e. The number of esters is 1. The minimum atomic E-state index is -4.50. The number of halogens is 4. The molecule has 154 valence electrons. The molecule has 0 aliphatic rings. The molecule has 0 amide bonds. The summed E-state index contributed by atoms with van der Waals surface area (Å²) < 4.78 is 45.3. The van der Waals surface area contributed by atoms with Crippen LogP contribution in [0.1, 0.15) is 44.9 Å². The first kappa shape index (κ1) is 22.5. The number of nitrogens with zero attached hydrogens (tertiary/aromatic N) is 3. The number of imidazole rings is 1. The van der Waals surface area contributed by atoms with E-state index in [0.29, 0.717) is 18.1 Å². The first-order valence-corrected chi connectivity index (χ1v) is 9.71. The summed E-state index contributed by atoms with van der Waals surface area (Å²) in [6, 6.07) is 0.847. The Balaban J connectivity index is 2.05. The Kier molecular flexibility index (Phi) is 7.03. The van der Waals surface area contributed by atoms with Gasteiger partial charge in [0.25, 0.3) is 0 Å². The number of aryl methyl sites for hydroxylation is 2. The van der Waals surface area contributed by atoms with Crippen molar-refractivity contribution in [3.05, 3.63) is 34.7 Å². The van der Waals surface area contributed by atoms with Crippen molar-refractivity contribution in [2.24, 2.45) is 0 Å². The summed E-state index contributed by atoms with van der Waals surface area (Å²) in [6.45, 7) is 7.72. The van der Waals surface area contributed by atoms with Gasteiger partial charge in [0.2, 0.25) is 0 Å². The largest absolute Gasteiger partial charge is 0.460 e. The predicted octanol–water partition coefficient (Wildman–Crippen LogP) is 5.53. The van der Waals surface area contributed by atoms with Crippen molar-refractivity contribution in [2.45, 2.75) is 69.0 Å². The van der Waals surface area contributed by atoms with Crippen molar-refractivity contribution in [3.63, 3.8) is 0 Å². The SMILES string of the molecule is Cc1cn(CCCC(=O)OC(C)(C)C)c(Sc2ncc(C(F)(F)F)cc2Cl)n1. The molecule has 0 spiro atoms. The Bertz CT molecular complexity index is 848. The molecule has 0 fully saturated rings. The van der Waals surface area contributed by atoms with Gasteiger partial charge < -0.3 is 9.30 Å². The standard InChI is InChI=1S/C18H21ClF3N3O2S/c1-11-10-25(7-5-6-14(26)27-17(2,3)4)16(24-11)28-15-13(19)8-12(9-23-15)18(20,21)22/h8-10H,5-7H2,1-4H3. The number of ether oxygens (including phenoxy) is 1. The lowest BCUT2D eigenvalue weighted by atomic mass is 10.2. The van der Waals surface area contributed by atoms with Crippen LogP contribution in [0, 0.1) is 6.92 Å². The first-order valence-electron chi connectivity index (χ1n) is 8.51. The van der Waals surface area contributed by atoms with E-state index in [4.69, 9.17) is 16.3 Å². The van der Waals surface area contributed by atoms with Crippen molar-refractivity contribution in [3.8, 4) is 0 Å². The number of hydrogen-bond donors (Lipinski definition) is 0. The van der Waals surface area contributed by atoms with Gasteiger partial charge in [0, 0.05) is 25.4 Å². The van der Waals surface area contributed by atoms with Crippen LogP contribution >= 0.6 is 23.4 Å². The lowest BCUT2D eigenvalue weighted by molar-refractivity contribution is -0.155. The fourth-order valence-electron chi connectivity index (χ4n) is 2.29. The van der Waals surface area contributed by atoms with E-state index in [1.165, 1.54) is 0 Å². The molecular weight excluding hydrogens is 415 g/mol. The summed E-state index contributed by atoms with van der Waals surface area (Å²) in [5, 5.41) is 0.672. The highest BCUT2D eigenvalue weighted by atomic mass is 35.5. The maximum atomic E-state index is 12.7. The summed E-state index contributed by atoms with van der Waals surface area (Å²) >= 11 is 7.05. The molecule has 2 rings (SSSR count). The summed E-state index contributed by atoms with van der Waals surface area (Å²) in [7, 11) is 0. The normalized spacial score (nSPS) is 12.3. The third kappa shape index (κ3) is 6.70. The molecule has 0 aromatic carbocycles. The van der Waals surface area contributed by atoms with Gasteiger partial charge in [0.05, 0.1) is 16.3 Å². The van der Waals surface area contributed by atoms with Gasteiger partial charge in [-0.25, -0.2) is 9.97 Å². The monoisotopic (exact) mass is 435 g/mol. The van der Waals surface area contributed by atoms with E-state index >= 15 is 0 Å². The van der Waals surface area contributed by atoms with Gasteiger partial charge in [0.15, 0.2) is 5.16 Å². The fraction of sp³-hybridized carbons (Fsp3) is 0.500. The van der Waals surface area contributed by atoms with Gasteiger partial charge in [0.1, 0.15) is 10.6 Å². The summed E-state index contributed by atoms with van der Waals surface area (Å²) in [6.07, 6.45) is -1.17. The number of aromatic nitrogens is 3. The van der Waals surface area contributed by atoms with E-state index < -0.39 is 17.3 Å². The third-order valence-electron chi connectivity index (χ3n) is 3.38. The molecule has 0 atom stereocenters. The van der Waals surface area contributed by atoms with Gasteiger partial charge in [-0.05, 0) is 51.9 Å². The second-order valence-corrected chi connectivity index (χ2v) is 8.52. The average molecular weight is 436 g/mol. The number of carbonyl (C=O) groups is 1. The Morgan fingerprint density at radius 1 is 1.32 bits per heavy atom. The molecule has 0 radical (unpaired) electrons. The topological polar surface area (TPSA) is 57.0 Å². The van der Waals surface area contributed by atoms with E-state index in [0.717, 1.165) is 29.7 Å². The summed E-state index contributed by atoms with van der Waals surface area (Å²) in [5.41, 5.74) is -0.698. The first-order chi connectivity index (χ1) is 12.8. The molecule has 0 aliphatic carbocycles. The Labute approximate surface area is 170 Å². The molecule has 0 aliphatic heterocycles. The van der Waals surface area contributed by atoms with Gasteiger partial charge in [-0.3, -0.25) is 4.79 Å². The summed E-state index contributed by atoms with van der Waals surface area (Å²) in [4.78, 5) is 20.0. The molecular formula is C18H21ClF3N3O2S. The van der Waals surface area contributed by atoms with E-state index in [1.807, 2.05) is 4.57 Å². The van der Waals surface area contributed by atoms with Crippen LogP contribution in [0.25, 0.3) is 0 Å². The van der Waals surface area contributed by atoms with E-state index in [9.17, 15) is 18.0 Å². The molecule has 2 heterocycles. The minimum absolute atomic E-state index is 0.0965. The van der Waals surface area contributed by atoms with Crippen molar-refractivity contribution in [1.82, 2.24) is 14.5 Å². The maximum absolute atomic E-state index is 12.7. The highest BCUT2D eigenvalue weighted by Gasteiger charge is 2.31. The lowest BCUT2D eigenvalue weighted by Crippen LogP contribution is -2.23. The van der Waals surface area contributed by atoms with Gasteiger partial charge >= 0.3 is 12.1 Å². The molecule has 10 heteroatoms. The van der Waals surface area contributed by atoms with Crippen molar-refractivity contribution >= 4 is 29.3 Å².